The molecule has 151 valence electrons. The van der Waals surface area contributed by atoms with Gasteiger partial charge in [0, 0.05) is 20.3 Å². The first-order chi connectivity index (χ1) is 11.8. The number of hydrogen-bond acceptors (Lipinski definition) is 6. The maximum atomic E-state index is 10.4. The third-order valence-electron chi connectivity index (χ3n) is 1.91. The molecule has 1 radical (unpaired) electrons. The number of carbonyl (C=O) groups excluding carboxylic acids is 3. The molecule has 0 aliphatic carbocycles. The first-order valence-electron chi connectivity index (χ1n) is 8.93. The number of rotatable bonds is 7. The molecule has 0 bridgehead atoms. The van der Waals surface area contributed by atoms with Gasteiger partial charge < -0.3 is 14.2 Å². The lowest BCUT2D eigenvalue weighted by molar-refractivity contribution is -0.143. The standard InChI is InChI=1S/2C6H12O2.C4H8O2.C3H7/c1-3-4-5-8-6(2)7;1-3-5-6(7)8-4-2;1-3-6-4(2)5;1-3-2/h2*3-5H2,1-2H3;3H2,1-2H3;3H,1-2H3. The van der Waals surface area contributed by atoms with Crippen LogP contribution in [0.5, 0.6) is 0 Å². The Bertz CT molecular complexity index is 282. The van der Waals surface area contributed by atoms with Crippen molar-refractivity contribution < 1.29 is 28.6 Å². The lowest BCUT2D eigenvalue weighted by atomic mass is 10.3. The molecule has 25 heavy (non-hydrogen) atoms. The third-order valence-corrected chi connectivity index (χ3v) is 1.91. The summed E-state index contributed by atoms with van der Waals surface area (Å²) in [6.07, 6.45) is 5.47. The second-order valence-electron chi connectivity index (χ2n) is 4.75. The van der Waals surface area contributed by atoms with Crippen LogP contribution in [0.1, 0.15) is 81.1 Å². The van der Waals surface area contributed by atoms with E-state index >= 15 is 0 Å². The van der Waals surface area contributed by atoms with E-state index in [0.717, 1.165) is 19.3 Å². The van der Waals surface area contributed by atoms with Crippen LogP contribution in [0, 0.1) is 6.42 Å². The molecule has 0 heterocycles. The molecule has 0 atom stereocenters. The second-order valence-corrected chi connectivity index (χ2v) is 4.75. The van der Waals surface area contributed by atoms with Crippen molar-refractivity contribution in [3.05, 3.63) is 6.42 Å². The summed E-state index contributed by atoms with van der Waals surface area (Å²) in [7, 11) is 0. The van der Waals surface area contributed by atoms with Crippen molar-refractivity contribution in [1.82, 2.24) is 0 Å². The van der Waals surface area contributed by atoms with Crippen molar-refractivity contribution >= 4 is 17.9 Å². The summed E-state index contributed by atoms with van der Waals surface area (Å²) in [6.45, 7) is 16.0. The Morgan fingerprint density at radius 1 is 0.760 bits per heavy atom. The van der Waals surface area contributed by atoms with Crippen molar-refractivity contribution in [3.8, 4) is 0 Å². The Kier molecular flexibility index (Phi) is 37.8. The molecule has 0 amide bonds. The van der Waals surface area contributed by atoms with Gasteiger partial charge in [-0.1, -0.05) is 34.1 Å². The highest BCUT2D eigenvalue weighted by molar-refractivity contribution is 5.69. The predicted octanol–water partition coefficient (Wildman–Crippen LogP) is 4.50. The van der Waals surface area contributed by atoms with E-state index in [2.05, 4.69) is 21.1 Å². The van der Waals surface area contributed by atoms with Crippen molar-refractivity contribution in [2.75, 3.05) is 19.8 Å². The summed E-state index contributed by atoms with van der Waals surface area (Å²) in [6, 6.07) is 0. The van der Waals surface area contributed by atoms with Crippen molar-refractivity contribution in [1.29, 1.82) is 0 Å². The van der Waals surface area contributed by atoms with E-state index in [1.54, 1.807) is 6.92 Å². The van der Waals surface area contributed by atoms with Crippen molar-refractivity contribution in [2.45, 2.75) is 81.1 Å². The van der Waals surface area contributed by atoms with Crippen LogP contribution in [-0.2, 0) is 28.6 Å². The van der Waals surface area contributed by atoms with E-state index in [1.165, 1.54) is 13.8 Å². The van der Waals surface area contributed by atoms with Crippen LogP contribution in [0.3, 0.4) is 0 Å². The Balaban J connectivity index is -0.000000124. The molecular formula is C19H39O6. The highest BCUT2D eigenvalue weighted by Gasteiger charge is 1.95. The zero-order chi connectivity index (χ0) is 20.5. The molecule has 6 nitrogen and oxygen atoms in total. The molecule has 0 N–H and O–H groups in total. The molecule has 0 spiro atoms. The van der Waals surface area contributed by atoms with Crippen LogP contribution in [0.15, 0.2) is 0 Å². The molecule has 0 rings (SSSR count). The van der Waals surface area contributed by atoms with Crippen LogP contribution in [-0.4, -0.2) is 37.7 Å². The maximum absolute atomic E-state index is 10.4. The maximum Gasteiger partial charge on any atom is 0.305 e. The highest BCUT2D eigenvalue weighted by Crippen LogP contribution is 1.89. The first kappa shape index (κ1) is 31.2. The van der Waals surface area contributed by atoms with E-state index < -0.39 is 0 Å². The van der Waals surface area contributed by atoms with E-state index in [9.17, 15) is 14.4 Å². The minimum absolute atomic E-state index is 0.0880. The fourth-order valence-electron chi connectivity index (χ4n) is 1.00. The zero-order valence-corrected chi connectivity index (χ0v) is 17.5. The monoisotopic (exact) mass is 363 g/mol. The van der Waals surface area contributed by atoms with Gasteiger partial charge in [-0.25, -0.2) is 0 Å². The van der Waals surface area contributed by atoms with Crippen molar-refractivity contribution in [3.63, 3.8) is 0 Å². The third kappa shape index (κ3) is 60.6. The van der Waals surface area contributed by atoms with Crippen LogP contribution >= 0.6 is 0 Å². The number of unbranched alkanes of at least 4 members (excludes halogenated alkanes) is 1. The summed E-state index contributed by atoms with van der Waals surface area (Å²) >= 11 is 0. The Morgan fingerprint density at radius 2 is 1.20 bits per heavy atom. The van der Waals surface area contributed by atoms with Gasteiger partial charge in [0.2, 0.25) is 0 Å². The average molecular weight is 364 g/mol. The molecular weight excluding hydrogens is 324 g/mol. The first-order valence-corrected chi connectivity index (χ1v) is 8.93. The van der Waals surface area contributed by atoms with Gasteiger partial charge in [0.1, 0.15) is 0 Å². The van der Waals surface area contributed by atoms with Gasteiger partial charge in [0.05, 0.1) is 19.8 Å². The molecule has 0 aliphatic rings. The van der Waals surface area contributed by atoms with Crippen molar-refractivity contribution in [2.24, 2.45) is 0 Å². The Labute approximate surface area is 154 Å². The second kappa shape index (κ2) is 30.3. The lowest BCUT2D eigenvalue weighted by Gasteiger charge is -1.96. The van der Waals surface area contributed by atoms with Gasteiger partial charge in [-0.15, -0.1) is 0 Å². The minimum Gasteiger partial charge on any atom is -0.466 e. The van der Waals surface area contributed by atoms with Crippen LogP contribution in [0.2, 0.25) is 0 Å². The molecule has 0 unspecified atom stereocenters. The quantitative estimate of drug-likeness (QED) is 0.376. The van der Waals surface area contributed by atoms with Crippen LogP contribution in [0.4, 0.5) is 0 Å². The number of esters is 3. The Hall–Kier alpha value is -1.59. The molecule has 6 heteroatoms. The summed E-state index contributed by atoms with van der Waals surface area (Å²) in [5.74, 6) is -0.481. The summed E-state index contributed by atoms with van der Waals surface area (Å²) in [4.78, 5) is 30.3. The van der Waals surface area contributed by atoms with Gasteiger partial charge in [0.25, 0.3) is 0 Å². The number of ether oxygens (including phenoxy) is 3. The van der Waals surface area contributed by atoms with Gasteiger partial charge in [0.15, 0.2) is 0 Å². The summed E-state index contributed by atoms with van der Waals surface area (Å²) < 4.78 is 13.7. The molecule has 0 aromatic heterocycles. The Morgan fingerprint density at radius 3 is 1.44 bits per heavy atom. The molecule has 0 saturated carbocycles. The zero-order valence-electron chi connectivity index (χ0n) is 17.5. The SMILES string of the molecule is CCCC(=O)OCC.CCCCOC(C)=O.CCOC(C)=O.C[CH]C. The summed E-state index contributed by atoms with van der Waals surface area (Å²) in [5, 5.41) is 0. The van der Waals surface area contributed by atoms with Crippen LogP contribution in [0.25, 0.3) is 0 Å². The highest BCUT2D eigenvalue weighted by atomic mass is 16.5. The molecule has 0 aliphatic heterocycles. The predicted molar refractivity (Wildman–Crippen MR) is 101 cm³/mol. The average Bonchev–Trinajstić information content (AvgIpc) is 2.49. The largest absolute Gasteiger partial charge is 0.466 e. The molecule has 0 aromatic rings. The van der Waals surface area contributed by atoms with Gasteiger partial charge in [-0.05, 0) is 33.1 Å². The fourth-order valence-corrected chi connectivity index (χ4v) is 1.00. The van der Waals surface area contributed by atoms with Crippen LogP contribution < -0.4 is 0 Å². The summed E-state index contributed by atoms with van der Waals surface area (Å²) in [5.41, 5.74) is 0. The lowest BCUT2D eigenvalue weighted by Crippen LogP contribution is -2.01. The smallest absolute Gasteiger partial charge is 0.305 e. The normalized spacial score (nSPS) is 8.16. The fraction of sp³-hybridized carbons (Fsp3) is 0.789. The van der Waals surface area contributed by atoms with E-state index in [1.807, 2.05) is 34.1 Å². The molecule has 0 aromatic carbocycles. The van der Waals surface area contributed by atoms with Gasteiger partial charge in [-0.2, -0.15) is 0 Å². The topological polar surface area (TPSA) is 78.9 Å². The number of hydrogen-bond donors (Lipinski definition) is 0. The molecule has 0 fully saturated rings. The van der Waals surface area contributed by atoms with Gasteiger partial charge >= 0.3 is 17.9 Å². The van der Waals surface area contributed by atoms with E-state index in [4.69, 9.17) is 0 Å². The van der Waals surface area contributed by atoms with Gasteiger partial charge in [-0.3, -0.25) is 14.4 Å². The van der Waals surface area contributed by atoms with E-state index in [0.29, 0.717) is 26.2 Å². The minimum atomic E-state index is -0.211. The number of carbonyl (C=O) groups is 3. The van der Waals surface area contributed by atoms with E-state index in [-0.39, 0.29) is 17.9 Å². The molecule has 0 saturated heterocycles.